The number of nitrogens with zero attached hydrogens (tertiary/aromatic N) is 4. The van der Waals surface area contributed by atoms with Crippen molar-refractivity contribution in [2.24, 2.45) is 0 Å². The largest absolute Gasteiger partial charge is 0.368 e. The van der Waals surface area contributed by atoms with E-state index in [1.807, 2.05) is 24.3 Å². The maximum Gasteiger partial charge on any atom is 0.257 e. The average molecular weight is 521 g/mol. The van der Waals surface area contributed by atoms with Gasteiger partial charge in [-0.3, -0.25) is 14.9 Å². The first-order valence-electron chi connectivity index (χ1n) is 11.2. The highest BCUT2D eigenvalue weighted by Crippen LogP contribution is 2.21. The van der Waals surface area contributed by atoms with Crippen LogP contribution in [0.2, 0.25) is 0 Å². The molecule has 1 fully saturated rings. The van der Waals surface area contributed by atoms with Crippen molar-refractivity contribution < 1.29 is 14.0 Å². The fraction of sp³-hybridized carbons (Fsp3) is 0.160. The van der Waals surface area contributed by atoms with E-state index in [0.29, 0.717) is 37.3 Å². The lowest BCUT2D eigenvalue weighted by Crippen LogP contribution is -2.49. The summed E-state index contributed by atoms with van der Waals surface area (Å²) in [6, 6.07) is 18.8. The minimum Gasteiger partial charge on any atom is -0.368 e. The number of carbonyl (C=O) groups is 2. The van der Waals surface area contributed by atoms with Gasteiger partial charge in [0, 0.05) is 43.1 Å². The zero-order valence-electron chi connectivity index (χ0n) is 19.0. The number of nitrogens with one attached hydrogen (secondary N) is 2. The maximum absolute atomic E-state index is 14.0. The van der Waals surface area contributed by atoms with Crippen molar-refractivity contribution in [2.75, 3.05) is 36.4 Å². The molecule has 2 amide bonds. The van der Waals surface area contributed by atoms with E-state index in [9.17, 15) is 14.0 Å². The Morgan fingerprint density at radius 2 is 1.64 bits per heavy atom. The predicted molar refractivity (Wildman–Crippen MR) is 142 cm³/mol. The van der Waals surface area contributed by atoms with Gasteiger partial charge < -0.3 is 15.1 Å². The molecule has 2 heterocycles. The molecular weight excluding hydrogens is 499 g/mol. The summed E-state index contributed by atoms with van der Waals surface area (Å²) in [5, 5.41) is 5.88. The number of piperazine rings is 1. The third-order valence-electron chi connectivity index (χ3n) is 5.90. The SMILES string of the molecule is O=C(NC(=S)Nc1ccc(N2CCN(C(=O)c3ccccc3F)CC2)cc1)c1ccc2nsnc2c1. The van der Waals surface area contributed by atoms with Gasteiger partial charge in [-0.2, -0.15) is 8.75 Å². The van der Waals surface area contributed by atoms with Gasteiger partial charge in [0.05, 0.1) is 17.3 Å². The number of hydrogen-bond donors (Lipinski definition) is 2. The highest BCUT2D eigenvalue weighted by atomic mass is 32.1. The minimum atomic E-state index is -0.500. The van der Waals surface area contributed by atoms with Gasteiger partial charge in [-0.1, -0.05) is 12.1 Å². The molecule has 4 aromatic rings. The molecule has 0 radical (unpaired) electrons. The number of aromatic nitrogens is 2. The van der Waals surface area contributed by atoms with E-state index >= 15 is 0 Å². The fourth-order valence-electron chi connectivity index (χ4n) is 3.99. The Bertz CT molecular complexity index is 1430. The summed E-state index contributed by atoms with van der Waals surface area (Å²) in [6.45, 7) is 2.29. The lowest BCUT2D eigenvalue weighted by Gasteiger charge is -2.36. The highest BCUT2D eigenvalue weighted by molar-refractivity contribution is 7.80. The molecule has 0 atom stereocenters. The van der Waals surface area contributed by atoms with E-state index in [4.69, 9.17) is 12.2 Å². The molecule has 182 valence electrons. The summed E-state index contributed by atoms with van der Waals surface area (Å²) >= 11 is 6.39. The van der Waals surface area contributed by atoms with Gasteiger partial charge in [-0.25, -0.2) is 4.39 Å². The van der Waals surface area contributed by atoms with Crippen molar-refractivity contribution >= 4 is 63.3 Å². The predicted octanol–water partition coefficient (Wildman–Crippen LogP) is 3.92. The molecule has 0 aliphatic carbocycles. The molecular formula is C25H21FN6O2S2. The van der Waals surface area contributed by atoms with Crippen LogP contribution in [0.25, 0.3) is 11.0 Å². The van der Waals surface area contributed by atoms with E-state index in [2.05, 4.69) is 24.3 Å². The normalized spacial score (nSPS) is 13.5. The third kappa shape index (κ3) is 5.16. The van der Waals surface area contributed by atoms with Crippen LogP contribution < -0.4 is 15.5 Å². The summed E-state index contributed by atoms with van der Waals surface area (Å²) in [5.41, 5.74) is 3.69. The Labute approximate surface area is 216 Å². The van der Waals surface area contributed by atoms with Crippen LogP contribution >= 0.6 is 23.9 Å². The van der Waals surface area contributed by atoms with Gasteiger partial charge in [0.1, 0.15) is 16.9 Å². The molecule has 3 aromatic carbocycles. The van der Waals surface area contributed by atoms with Crippen LogP contribution in [0.4, 0.5) is 15.8 Å². The monoisotopic (exact) mass is 520 g/mol. The van der Waals surface area contributed by atoms with Crippen molar-refractivity contribution in [3.8, 4) is 0 Å². The van der Waals surface area contributed by atoms with Gasteiger partial charge >= 0.3 is 0 Å². The van der Waals surface area contributed by atoms with Gasteiger partial charge in [0.2, 0.25) is 0 Å². The third-order valence-corrected chi connectivity index (χ3v) is 6.67. The molecule has 36 heavy (non-hydrogen) atoms. The Hall–Kier alpha value is -3.96. The van der Waals surface area contributed by atoms with Gasteiger partial charge in [-0.05, 0) is 66.8 Å². The number of benzene rings is 3. The van der Waals surface area contributed by atoms with E-state index < -0.39 is 5.82 Å². The molecule has 0 bridgehead atoms. The first-order valence-corrected chi connectivity index (χ1v) is 12.4. The summed E-state index contributed by atoms with van der Waals surface area (Å²) < 4.78 is 22.2. The number of fused-ring (bicyclic) bond motifs is 1. The molecule has 1 aromatic heterocycles. The molecule has 1 aliphatic heterocycles. The first-order chi connectivity index (χ1) is 17.5. The van der Waals surface area contributed by atoms with Crippen molar-refractivity contribution in [3.05, 3.63) is 83.7 Å². The Kier molecular flexibility index (Phi) is 6.83. The van der Waals surface area contributed by atoms with Crippen LogP contribution in [0.1, 0.15) is 20.7 Å². The van der Waals surface area contributed by atoms with Gasteiger partial charge in [-0.15, -0.1) is 0 Å². The van der Waals surface area contributed by atoms with Crippen molar-refractivity contribution in [1.29, 1.82) is 0 Å². The Balaban J connectivity index is 1.13. The van der Waals surface area contributed by atoms with Crippen LogP contribution in [0.3, 0.4) is 0 Å². The summed E-state index contributed by atoms with van der Waals surface area (Å²) in [7, 11) is 0. The second-order valence-corrected chi connectivity index (χ2v) is 9.12. The molecule has 0 spiro atoms. The molecule has 11 heteroatoms. The fourth-order valence-corrected chi connectivity index (χ4v) is 4.72. The molecule has 0 unspecified atom stereocenters. The van der Waals surface area contributed by atoms with Crippen LogP contribution in [0.5, 0.6) is 0 Å². The standard InChI is InChI=1S/C25H21FN6O2S2/c26-20-4-2-1-3-19(20)24(34)32-13-11-31(12-14-32)18-8-6-17(7-9-18)27-25(35)28-23(33)16-5-10-21-22(15-16)30-36-29-21/h1-10,15H,11-14H2,(H2,27,28,33,35). The quantitative estimate of drug-likeness (QED) is 0.394. The van der Waals surface area contributed by atoms with E-state index in [0.717, 1.165) is 28.6 Å². The zero-order valence-corrected chi connectivity index (χ0v) is 20.6. The Morgan fingerprint density at radius 1 is 0.917 bits per heavy atom. The second kappa shape index (κ2) is 10.3. The van der Waals surface area contributed by atoms with Gasteiger partial charge in [0.25, 0.3) is 11.8 Å². The number of amides is 2. The number of rotatable bonds is 4. The van der Waals surface area contributed by atoms with Crippen molar-refractivity contribution in [1.82, 2.24) is 19.0 Å². The number of anilines is 2. The summed E-state index contributed by atoms with van der Waals surface area (Å²) in [4.78, 5) is 29.0. The lowest BCUT2D eigenvalue weighted by molar-refractivity contribution is 0.0742. The smallest absolute Gasteiger partial charge is 0.257 e. The van der Waals surface area contributed by atoms with E-state index in [1.54, 1.807) is 35.2 Å². The minimum absolute atomic E-state index is 0.102. The molecule has 1 aliphatic rings. The molecule has 8 nitrogen and oxygen atoms in total. The Morgan fingerprint density at radius 3 is 2.39 bits per heavy atom. The second-order valence-electron chi connectivity index (χ2n) is 8.18. The van der Waals surface area contributed by atoms with Crippen LogP contribution in [0.15, 0.2) is 66.7 Å². The van der Waals surface area contributed by atoms with Crippen LogP contribution in [0, 0.1) is 5.82 Å². The number of carbonyl (C=O) groups excluding carboxylic acids is 2. The number of halogens is 1. The van der Waals surface area contributed by atoms with Crippen molar-refractivity contribution in [3.63, 3.8) is 0 Å². The number of hydrogen-bond acceptors (Lipinski definition) is 7. The van der Waals surface area contributed by atoms with Crippen LogP contribution in [-0.2, 0) is 0 Å². The molecule has 1 saturated heterocycles. The van der Waals surface area contributed by atoms with Crippen LogP contribution in [-0.4, -0.2) is 56.8 Å². The lowest BCUT2D eigenvalue weighted by atomic mass is 10.1. The molecule has 0 saturated carbocycles. The highest BCUT2D eigenvalue weighted by Gasteiger charge is 2.24. The zero-order chi connectivity index (χ0) is 25.1. The van der Waals surface area contributed by atoms with E-state index in [-0.39, 0.29) is 22.5 Å². The maximum atomic E-state index is 14.0. The topological polar surface area (TPSA) is 90.5 Å². The van der Waals surface area contributed by atoms with Gasteiger partial charge in [0.15, 0.2) is 5.11 Å². The average Bonchev–Trinajstić information content (AvgIpc) is 3.37. The first kappa shape index (κ1) is 23.8. The van der Waals surface area contributed by atoms with E-state index in [1.165, 1.54) is 12.1 Å². The summed E-state index contributed by atoms with van der Waals surface area (Å²) in [6.07, 6.45) is 0. The molecule has 2 N–H and O–H groups in total. The summed E-state index contributed by atoms with van der Waals surface area (Å²) in [5.74, 6) is -1.12. The van der Waals surface area contributed by atoms with Crippen molar-refractivity contribution in [2.45, 2.75) is 0 Å². The number of thiocarbonyl (C=S) groups is 1. The molecule has 5 rings (SSSR count).